The Kier molecular flexibility index (Phi) is 1.65. The van der Waals surface area contributed by atoms with Crippen LogP contribution in [0.25, 0.3) is 11.0 Å². The topological polar surface area (TPSA) is 63.6 Å². The first-order valence-corrected chi connectivity index (χ1v) is 4.12. The minimum atomic E-state index is -0.190. The average Bonchev–Trinajstić information content (AvgIpc) is 2.48. The molecule has 2 rings (SSSR count). The van der Waals surface area contributed by atoms with Crippen LogP contribution in [0.2, 0.25) is 0 Å². The van der Waals surface area contributed by atoms with E-state index in [0.717, 1.165) is 5.52 Å². The summed E-state index contributed by atoms with van der Waals surface area (Å²) in [6, 6.07) is 2.02. The predicted octanol–water partition coefficient (Wildman–Crippen LogP) is 0.700. The second-order valence-electron chi connectivity index (χ2n) is 3.17. The molecule has 0 aromatic carbocycles. The van der Waals surface area contributed by atoms with Crippen molar-refractivity contribution in [1.29, 1.82) is 0 Å². The third kappa shape index (κ3) is 1.12. The molecule has 0 aliphatic heterocycles. The van der Waals surface area contributed by atoms with Crippen molar-refractivity contribution < 1.29 is 0 Å². The molecule has 2 aromatic heterocycles. The Morgan fingerprint density at radius 3 is 3.00 bits per heavy atom. The van der Waals surface area contributed by atoms with Crippen molar-refractivity contribution in [1.82, 2.24) is 20.0 Å². The van der Waals surface area contributed by atoms with Crippen LogP contribution in [0.4, 0.5) is 0 Å². The Balaban J connectivity index is 2.83. The third-order valence-electron chi connectivity index (χ3n) is 1.89. The first kappa shape index (κ1) is 7.97. The van der Waals surface area contributed by atoms with Gasteiger partial charge in [0.1, 0.15) is 0 Å². The number of aromatic amines is 1. The van der Waals surface area contributed by atoms with E-state index in [1.165, 1.54) is 0 Å². The van der Waals surface area contributed by atoms with Gasteiger partial charge in [0.05, 0.1) is 5.52 Å². The Labute approximate surface area is 74.4 Å². The fraction of sp³-hybridized carbons (Fsp3) is 0.375. The molecule has 0 unspecified atom stereocenters. The molecule has 68 valence electrons. The molecular weight excluding hydrogens is 168 g/mol. The molecule has 0 spiro atoms. The first-order valence-electron chi connectivity index (χ1n) is 4.12. The molecule has 2 aromatic rings. The summed E-state index contributed by atoms with van der Waals surface area (Å²) in [6.07, 6.45) is 1.60. The highest BCUT2D eigenvalue weighted by molar-refractivity contribution is 5.72. The summed E-state index contributed by atoms with van der Waals surface area (Å²) >= 11 is 0. The molecule has 13 heavy (non-hydrogen) atoms. The molecule has 1 N–H and O–H groups in total. The number of nitrogens with one attached hydrogen (secondary N) is 1. The molecular formula is C8H10N4O. The van der Waals surface area contributed by atoms with E-state index in [2.05, 4.69) is 15.3 Å². The quantitative estimate of drug-likeness (QED) is 0.699. The van der Waals surface area contributed by atoms with Crippen LogP contribution in [0, 0.1) is 0 Å². The summed E-state index contributed by atoms with van der Waals surface area (Å²) in [5.41, 5.74) is 0.986. The highest BCUT2D eigenvalue weighted by atomic mass is 16.1. The van der Waals surface area contributed by atoms with Gasteiger partial charge < -0.3 is 4.98 Å². The summed E-state index contributed by atoms with van der Waals surface area (Å²) < 4.78 is 1.73. The van der Waals surface area contributed by atoms with Gasteiger partial charge in [-0.1, -0.05) is 5.21 Å². The van der Waals surface area contributed by atoms with Crippen molar-refractivity contribution in [2.24, 2.45) is 0 Å². The van der Waals surface area contributed by atoms with Crippen LogP contribution in [-0.4, -0.2) is 20.0 Å². The van der Waals surface area contributed by atoms with Crippen molar-refractivity contribution in [3.63, 3.8) is 0 Å². The van der Waals surface area contributed by atoms with E-state index < -0.39 is 0 Å². The lowest BCUT2D eigenvalue weighted by Gasteiger charge is -2.03. The zero-order chi connectivity index (χ0) is 9.42. The van der Waals surface area contributed by atoms with E-state index in [4.69, 9.17) is 0 Å². The number of H-pyrrole nitrogens is 1. The number of rotatable bonds is 1. The van der Waals surface area contributed by atoms with E-state index in [0.29, 0.717) is 5.52 Å². The maximum atomic E-state index is 11.2. The van der Waals surface area contributed by atoms with Gasteiger partial charge in [-0.3, -0.25) is 4.79 Å². The summed E-state index contributed by atoms with van der Waals surface area (Å²) in [4.78, 5) is 13.8. The first-order chi connectivity index (χ1) is 6.20. The molecule has 0 saturated carbocycles. The maximum Gasteiger partial charge on any atom is 0.278 e. The zero-order valence-corrected chi connectivity index (χ0v) is 7.48. The molecule has 0 bridgehead atoms. The van der Waals surface area contributed by atoms with Gasteiger partial charge in [-0.25, -0.2) is 4.68 Å². The van der Waals surface area contributed by atoms with E-state index in [1.54, 1.807) is 16.9 Å². The number of hydrogen-bond acceptors (Lipinski definition) is 3. The number of pyridine rings is 1. The lowest BCUT2D eigenvalue weighted by molar-refractivity contribution is 0.530. The summed E-state index contributed by atoms with van der Waals surface area (Å²) in [7, 11) is 0. The van der Waals surface area contributed by atoms with Crippen molar-refractivity contribution in [3.05, 3.63) is 22.6 Å². The average molecular weight is 178 g/mol. The molecule has 0 radical (unpaired) electrons. The minimum absolute atomic E-state index is 0.190. The Hall–Kier alpha value is -1.65. The van der Waals surface area contributed by atoms with Crippen LogP contribution in [0.3, 0.4) is 0 Å². The van der Waals surface area contributed by atoms with Crippen LogP contribution >= 0.6 is 0 Å². The number of hydrogen-bond donors (Lipinski definition) is 1. The van der Waals surface area contributed by atoms with Gasteiger partial charge in [-0.05, 0) is 19.9 Å². The molecule has 0 atom stereocenters. The normalized spacial score (nSPS) is 11.3. The number of fused-ring (bicyclic) bond motifs is 1. The van der Waals surface area contributed by atoms with Gasteiger partial charge in [-0.2, -0.15) is 0 Å². The minimum Gasteiger partial charge on any atom is -0.327 e. The summed E-state index contributed by atoms with van der Waals surface area (Å²) in [6.45, 7) is 3.99. The van der Waals surface area contributed by atoms with E-state index >= 15 is 0 Å². The van der Waals surface area contributed by atoms with Gasteiger partial charge in [0, 0.05) is 12.2 Å². The molecule has 5 nitrogen and oxygen atoms in total. The van der Waals surface area contributed by atoms with Gasteiger partial charge >= 0.3 is 0 Å². The lowest BCUT2D eigenvalue weighted by Crippen LogP contribution is -2.06. The molecule has 0 aliphatic rings. The number of nitrogens with zero attached hydrogens (tertiary/aromatic N) is 3. The zero-order valence-electron chi connectivity index (χ0n) is 7.48. The van der Waals surface area contributed by atoms with Gasteiger partial charge in [0.2, 0.25) is 0 Å². The van der Waals surface area contributed by atoms with E-state index in [9.17, 15) is 4.79 Å². The smallest absolute Gasteiger partial charge is 0.278 e. The molecule has 0 aliphatic carbocycles. The molecule has 0 fully saturated rings. The standard InChI is InChI=1S/C8H10N4O/c1-5(2)12-6-3-4-9-8(13)7(6)10-11-12/h3-5H,1-2H3,(H,9,13). The van der Waals surface area contributed by atoms with Crippen molar-refractivity contribution in [3.8, 4) is 0 Å². The Morgan fingerprint density at radius 1 is 1.54 bits per heavy atom. The van der Waals surface area contributed by atoms with Crippen LogP contribution in [0.1, 0.15) is 19.9 Å². The van der Waals surface area contributed by atoms with E-state index in [1.807, 2.05) is 13.8 Å². The van der Waals surface area contributed by atoms with Crippen LogP contribution in [-0.2, 0) is 0 Å². The fourth-order valence-electron chi connectivity index (χ4n) is 1.26. The monoisotopic (exact) mass is 178 g/mol. The second kappa shape index (κ2) is 2.69. The largest absolute Gasteiger partial charge is 0.327 e. The summed E-state index contributed by atoms with van der Waals surface area (Å²) in [5.74, 6) is 0. The number of aromatic nitrogens is 4. The van der Waals surface area contributed by atoms with Crippen molar-refractivity contribution in [2.45, 2.75) is 19.9 Å². The van der Waals surface area contributed by atoms with Gasteiger partial charge in [-0.15, -0.1) is 5.10 Å². The maximum absolute atomic E-state index is 11.2. The van der Waals surface area contributed by atoms with Crippen LogP contribution in [0.5, 0.6) is 0 Å². The predicted molar refractivity (Wildman–Crippen MR) is 48.5 cm³/mol. The van der Waals surface area contributed by atoms with Gasteiger partial charge in [0.25, 0.3) is 5.56 Å². The second-order valence-corrected chi connectivity index (χ2v) is 3.17. The SMILES string of the molecule is CC(C)n1nnc2c(=O)[nH]ccc21. The van der Waals surface area contributed by atoms with E-state index in [-0.39, 0.29) is 11.6 Å². The third-order valence-corrected chi connectivity index (χ3v) is 1.89. The summed E-state index contributed by atoms with van der Waals surface area (Å²) in [5, 5.41) is 7.71. The molecule has 0 amide bonds. The molecule has 5 heteroatoms. The molecule has 2 heterocycles. The van der Waals surface area contributed by atoms with Crippen molar-refractivity contribution in [2.75, 3.05) is 0 Å². The highest BCUT2D eigenvalue weighted by Crippen LogP contribution is 2.10. The van der Waals surface area contributed by atoms with Gasteiger partial charge in [0.15, 0.2) is 5.52 Å². The lowest BCUT2D eigenvalue weighted by atomic mass is 10.3. The van der Waals surface area contributed by atoms with Crippen LogP contribution in [0.15, 0.2) is 17.1 Å². The highest BCUT2D eigenvalue weighted by Gasteiger charge is 2.08. The van der Waals surface area contributed by atoms with Crippen molar-refractivity contribution >= 4 is 11.0 Å². The van der Waals surface area contributed by atoms with Crippen LogP contribution < -0.4 is 5.56 Å². The Morgan fingerprint density at radius 2 is 2.31 bits per heavy atom. The molecule has 0 saturated heterocycles. The fourth-order valence-corrected chi connectivity index (χ4v) is 1.26. The Bertz CT molecular complexity index is 482.